The maximum absolute atomic E-state index is 13.0. The number of carboxylic acid groups (broad SMARTS) is 1. The summed E-state index contributed by atoms with van der Waals surface area (Å²) in [4.78, 5) is 9.24. The molecule has 1 saturated carbocycles. The van der Waals surface area contributed by atoms with Crippen molar-refractivity contribution in [3.05, 3.63) is 24.3 Å². The molecule has 26 heavy (non-hydrogen) atoms. The van der Waals surface area contributed by atoms with Gasteiger partial charge in [0.25, 0.3) is 0 Å². The number of ether oxygens (including phenoxy) is 1. The number of nitrogens with two attached hydrogens (primary N) is 1. The van der Waals surface area contributed by atoms with E-state index in [-0.39, 0.29) is 24.3 Å². The molecular weight excluding hydrogens is 358 g/mol. The minimum Gasteiger partial charge on any atom is -0.481 e. The van der Waals surface area contributed by atoms with Crippen LogP contribution in [0.25, 0.3) is 0 Å². The number of aliphatic carboxylic acids is 1. The van der Waals surface area contributed by atoms with E-state index in [0.29, 0.717) is 18.6 Å². The Morgan fingerprint density at radius 1 is 1.27 bits per heavy atom. The first-order chi connectivity index (χ1) is 12.2. The van der Waals surface area contributed by atoms with Crippen molar-refractivity contribution in [3.8, 4) is 17.6 Å². The Kier molecular flexibility index (Phi) is 6.29. The van der Waals surface area contributed by atoms with Gasteiger partial charge in [-0.05, 0) is 56.9 Å². The molecule has 1 aromatic rings. The van der Waals surface area contributed by atoms with Crippen LogP contribution in [0.3, 0.4) is 0 Å². The molecule has 142 valence electrons. The van der Waals surface area contributed by atoms with E-state index in [1.807, 2.05) is 0 Å². The van der Waals surface area contributed by atoms with Crippen molar-refractivity contribution in [2.45, 2.75) is 48.5 Å². The summed E-state index contributed by atoms with van der Waals surface area (Å²) < 4.78 is 31.4. The van der Waals surface area contributed by atoms with E-state index in [4.69, 9.17) is 10.5 Å². The van der Waals surface area contributed by atoms with Crippen LogP contribution in [-0.4, -0.2) is 42.2 Å². The van der Waals surface area contributed by atoms with Gasteiger partial charge in [-0.15, -0.1) is 5.92 Å². The van der Waals surface area contributed by atoms with Crippen LogP contribution in [0, 0.1) is 17.8 Å². The summed E-state index contributed by atoms with van der Waals surface area (Å²) in [5.74, 6) is 3.46. The molecule has 1 aliphatic rings. The first-order valence-corrected chi connectivity index (χ1v) is 9.79. The van der Waals surface area contributed by atoms with Crippen molar-refractivity contribution in [2.75, 3.05) is 6.61 Å². The molecular formula is C18H23NO6S. The molecule has 0 unspecified atom stereocenters. The van der Waals surface area contributed by atoms with E-state index in [1.54, 1.807) is 6.92 Å². The van der Waals surface area contributed by atoms with Gasteiger partial charge in [-0.1, -0.05) is 5.92 Å². The lowest BCUT2D eigenvalue weighted by Gasteiger charge is -2.36. The molecule has 2 rings (SSSR count). The lowest BCUT2D eigenvalue weighted by molar-refractivity contribution is -0.142. The SMILES string of the molecule is CC#CCOc1ccc(S(=O)(=O)[C@@](N)(C(=O)O)C2CCC(O)CC2)cc1. The Hall–Kier alpha value is -2.08. The Balaban J connectivity index is 2.32. The molecule has 1 atom stereocenters. The molecule has 0 heterocycles. The average molecular weight is 381 g/mol. The summed E-state index contributed by atoms with van der Waals surface area (Å²) in [5.41, 5.74) is 5.99. The predicted molar refractivity (Wildman–Crippen MR) is 95.1 cm³/mol. The monoisotopic (exact) mass is 381 g/mol. The van der Waals surface area contributed by atoms with Gasteiger partial charge in [0.05, 0.1) is 11.0 Å². The van der Waals surface area contributed by atoms with Gasteiger partial charge in [0.1, 0.15) is 12.4 Å². The predicted octanol–water partition coefficient (Wildman–Crippen LogP) is 1.15. The van der Waals surface area contributed by atoms with Crippen molar-refractivity contribution < 1.29 is 28.2 Å². The van der Waals surface area contributed by atoms with Crippen LogP contribution in [0.4, 0.5) is 0 Å². The standard InChI is InChI=1S/C18H23NO6S/c1-2-3-12-25-15-8-10-16(11-9-15)26(23,24)18(19,17(21)22)13-4-6-14(20)7-5-13/h8-11,13-14,20H,4-7,12,19H2,1H3,(H,21,22)/t13?,14?,18-/m1/s1. The van der Waals surface area contributed by atoms with Crippen molar-refractivity contribution in [3.63, 3.8) is 0 Å². The zero-order chi connectivity index (χ0) is 19.4. The van der Waals surface area contributed by atoms with Crippen molar-refractivity contribution in [2.24, 2.45) is 11.7 Å². The zero-order valence-corrected chi connectivity index (χ0v) is 15.3. The van der Waals surface area contributed by atoms with E-state index in [0.717, 1.165) is 0 Å². The van der Waals surface area contributed by atoms with Crippen LogP contribution >= 0.6 is 0 Å². The van der Waals surface area contributed by atoms with Gasteiger partial charge >= 0.3 is 5.97 Å². The number of carbonyl (C=O) groups is 1. The lowest BCUT2D eigenvalue weighted by atomic mass is 9.82. The number of benzene rings is 1. The highest BCUT2D eigenvalue weighted by atomic mass is 32.2. The average Bonchev–Trinajstić information content (AvgIpc) is 2.62. The summed E-state index contributed by atoms with van der Waals surface area (Å²) in [6.07, 6.45) is 0.588. The topological polar surface area (TPSA) is 127 Å². The maximum Gasteiger partial charge on any atom is 0.340 e. The number of carboxylic acids is 1. The van der Waals surface area contributed by atoms with Crippen LogP contribution in [0.2, 0.25) is 0 Å². The highest BCUT2D eigenvalue weighted by Gasteiger charge is 2.54. The van der Waals surface area contributed by atoms with Gasteiger partial charge in [0.15, 0.2) is 0 Å². The van der Waals surface area contributed by atoms with E-state index in [2.05, 4.69) is 11.8 Å². The molecule has 0 spiro atoms. The fraction of sp³-hybridized carbons (Fsp3) is 0.500. The Bertz CT molecular complexity index is 800. The highest BCUT2D eigenvalue weighted by Crippen LogP contribution is 2.38. The first-order valence-electron chi connectivity index (χ1n) is 8.31. The number of hydrogen-bond acceptors (Lipinski definition) is 6. The second-order valence-corrected chi connectivity index (χ2v) is 8.45. The third kappa shape index (κ3) is 3.85. The fourth-order valence-electron chi connectivity index (χ4n) is 3.12. The molecule has 0 bridgehead atoms. The van der Waals surface area contributed by atoms with Crippen LogP contribution in [0.15, 0.2) is 29.2 Å². The van der Waals surface area contributed by atoms with Crippen molar-refractivity contribution in [1.29, 1.82) is 0 Å². The smallest absolute Gasteiger partial charge is 0.340 e. The summed E-state index contributed by atoms with van der Waals surface area (Å²) in [6.45, 7) is 1.85. The van der Waals surface area contributed by atoms with Crippen LogP contribution < -0.4 is 10.5 Å². The summed E-state index contributed by atoms with van der Waals surface area (Å²) in [7, 11) is -4.35. The molecule has 0 amide bonds. The molecule has 0 radical (unpaired) electrons. The van der Waals surface area contributed by atoms with Crippen molar-refractivity contribution in [1.82, 2.24) is 0 Å². The van der Waals surface area contributed by atoms with Gasteiger partial charge in [0, 0.05) is 5.92 Å². The second-order valence-electron chi connectivity index (χ2n) is 6.29. The molecule has 0 saturated heterocycles. The van der Waals surface area contributed by atoms with Crippen LogP contribution in [0.5, 0.6) is 5.75 Å². The maximum atomic E-state index is 13.0. The molecule has 8 heteroatoms. The molecule has 1 fully saturated rings. The Morgan fingerprint density at radius 3 is 2.35 bits per heavy atom. The number of hydrogen-bond donors (Lipinski definition) is 3. The van der Waals surface area contributed by atoms with Gasteiger partial charge in [-0.25, -0.2) is 13.2 Å². The van der Waals surface area contributed by atoms with Gasteiger partial charge in [-0.2, -0.15) is 0 Å². The van der Waals surface area contributed by atoms with Crippen LogP contribution in [0.1, 0.15) is 32.6 Å². The summed E-state index contributed by atoms with van der Waals surface area (Å²) in [6, 6.07) is 5.45. The highest BCUT2D eigenvalue weighted by molar-refractivity contribution is 7.93. The van der Waals surface area contributed by atoms with Gasteiger partial charge < -0.3 is 20.7 Å². The molecule has 1 aliphatic carbocycles. The van der Waals surface area contributed by atoms with E-state index in [1.165, 1.54) is 24.3 Å². The number of aliphatic hydroxyl groups excluding tert-OH is 1. The van der Waals surface area contributed by atoms with Crippen molar-refractivity contribution >= 4 is 15.8 Å². The minimum absolute atomic E-state index is 0.170. The molecule has 0 aromatic heterocycles. The molecule has 4 N–H and O–H groups in total. The Morgan fingerprint density at radius 2 is 1.85 bits per heavy atom. The quantitative estimate of drug-likeness (QED) is 0.631. The zero-order valence-electron chi connectivity index (χ0n) is 14.5. The Labute approximate surface area is 153 Å². The van der Waals surface area contributed by atoms with Gasteiger partial charge in [0.2, 0.25) is 14.7 Å². The van der Waals surface area contributed by atoms with E-state index >= 15 is 0 Å². The largest absolute Gasteiger partial charge is 0.481 e. The van der Waals surface area contributed by atoms with E-state index in [9.17, 15) is 23.4 Å². The third-order valence-corrected chi connectivity index (χ3v) is 6.99. The molecule has 1 aromatic carbocycles. The van der Waals surface area contributed by atoms with Gasteiger partial charge in [-0.3, -0.25) is 0 Å². The number of rotatable bonds is 6. The van der Waals surface area contributed by atoms with Crippen LogP contribution in [-0.2, 0) is 14.6 Å². The normalized spacial score (nSPS) is 22.6. The first kappa shape index (κ1) is 20.2. The molecule has 7 nitrogen and oxygen atoms in total. The number of aliphatic hydroxyl groups is 1. The minimum atomic E-state index is -4.35. The summed E-state index contributed by atoms with van der Waals surface area (Å²) >= 11 is 0. The second kappa shape index (κ2) is 8.08. The third-order valence-electron chi connectivity index (χ3n) is 4.70. The van der Waals surface area contributed by atoms with E-state index < -0.39 is 32.7 Å². The summed E-state index contributed by atoms with van der Waals surface area (Å²) in [5, 5.41) is 19.2. The fourth-order valence-corrected chi connectivity index (χ4v) is 4.90. The molecule has 0 aliphatic heterocycles. The number of sulfone groups is 1. The lowest BCUT2D eigenvalue weighted by Crippen LogP contribution is -2.60.